The van der Waals surface area contributed by atoms with Crippen molar-refractivity contribution in [1.29, 1.82) is 0 Å². The number of hydrogen-bond acceptors (Lipinski definition) is 4. The number of carbonyl (C=O) groups excluding carboxylic acids is 1. The van der Waals surface area contributed by atoms with Crippen molar-refractivity contribution in [2.45, 2.75) is 44.2 Å². The fourth-order valence-corrected chi connectivity index (χ4v) is 3.93. The van der Waals surface area contributed by atoms with E-state index >= 15 is 0 Å². The van der Waals surface area contributed by atoms with E-state index in [1.807, 2.05) is 0 Å². The molecule has 0 spiro atoms. The van der Waals surface area contributed by atoms with E-state index in [2.05, 4.69) is 5.32 Å². The highest BCUT2D eigenvalue weighted by Gasteiger charge is 2.39. The molecule has 116 valence electrons. The summed E-state index contributed by atoms with van der Waals surface area (Å²) in [6, 6.07) is 0.418. The van der Waals surface area contributed by atoms with Gasteiger partial charge >= 0.3 is 0 Å². The Balaban J connectivity index is 1.94. The number of fused-ring (bicyclic) bond motifs is 2. The number of nitrogens with zero attached hydrogens (tertiary/aromatic N) is 1. The Morgan fingerprint density at radius 2 is 1.85 bits per heavy atom. The number of nitrogens with two attached hydrogens (primary N) is 1. The first-order valence-corrected chi connectivity index (χ1v) is 9.08. The lowest BCUT2D eigenvalue weighted by atomic mass is 9.67. The van der Waals surface area contributed by atoms with Crippen molar-refractivity contribution in [2.75, 3.05) is 19.8 Å². The molecule has 0 aromatic carbocycles. The Labute approximate surface area is 121 Å². The highest BCUT2D eigenvalue weighted by atomic mass is 32.2. The maximum Gasteiger partial charge on any atom is 0.235 e. The van der Waals surface area contributed by atoms with Gasteiger partial charge in [-0.25, -0.2) is 8.42 Å². The molecule has 3 N–H and O–H groups in total. The summed E-state index contributed by atoms with van der Waals surface area (Å²) < 4.78 is 23.7. The lowest BCUT2D eigenvalue weighted by Crippen LogP contribution is -2.55. The van der Waals surface area contributed by atoms with Crippen LogP contribution in [-0.4, -0.2) is 50.6 Å². The summed E-state index contributed by atoms with van der Waals surface area (Å²) in [7, 11) is -1.89. The molecule has 2 bridgehead atoms. The van der Waals surface area contributed by atoms with E-state index in [9.17, 15) is 13.2 Å². The summed E-state index contributed by atoms with van der Waals surface area (Å²) in [5, 5.41) is 3.04. The van der Waals surface area contributed by atoms with E-state index in [1.165, 1.54) is 13.5 Å². The largest absolute Gasteiger partial charge is 0.352 e. The fourth-order valence-electron chi connectivity index (χ4n) is 3.58. The molecule has 0 aromatic heterocycles. The van der Waals surface area contributed by atoms with Crippen LogP contribution in [0.25, 0.3) is 0 Å². The normalized spacial score (nSPS) is 34.0. The van der Waals surface area contributed by atoms with Gasteiger partial charge in [-0.05, 0) is 37.5 Å². The van der Waals surface area contributed by atoms with E-state index < -0.39 is 10.0 Å². The molecule has 20 heavy (non-hydrogen) atoms. The molecule has 0 heterocycles. The second kappa shape index (κ2) is 5.99. The molecule has 7 heteroatoms. The molecule has 2 aliphatic carbocycles. The first-order chi connectivity index (χ1) is 9.27. The molecule has 2 rings (SSSR count). The third-order valence-corrected chi connectivity index (χ3v) is 5.90. The number of amides is 1. The van der Waals surface area contributed by atoms with E-state index in [0.717, 1.165) is 36.2 Å². The third kappa shape index (κ3) is 3.71. The van der Waals surface area contributed by atoms with Crippen molar-refractivity contribution < 1.29 is 13.2 Å². The Kier molecular flexibility index (Phi) is 4.71. The second-order valence-corrected chi connectivity index (χ2v) is 8.38. The van der Waals surface area contributed by atoms with Crippen molar-refractivity contribution in [3.8, 4) is 0 Å². The van der Waals surface area contributed by atoms with E-state index in [1.54, 1.807) is 0 Å². The lowest BCUT2D eigenvalue weighted by Gasteiger charge is -2.45. The van der Waals surface area contributed by atoms with Gasteiger partial charge in [0, 0.05) is 19.1 Å². The average molecular weight is 303 g/mol. The first-order valence-electron chi connectivity index (χ1n) is 7.23. The summed E-state index contributed by atoms with van der Waals surface area (Å²) in [6.07, 6.45) is 6.45. The van der Waals surface area contributed by atoms with Gasteiger partial charge in [0.1, 0.15) is 0 Å². The summed E-state index contributed by atoms with van der Waals surface area (Å²) in [6.45, 7) is -0.110. The molecule has 1 amide bonds. The fraction of sp³-hybridized carbons (Fsp3) is 0.923. The molecule has 6 nitrogen and oxygen atoms in total. The Morgan fingerprint density at radius 1 is 1.30 bits per heavy atom. The van der Waals surface area contributed by atoms with Crippen LogP contribution in [0.15, 0.2) is 0 Å². The monoisotopic (exact) mass is 303 g/mol. The Bertz CT molecular complexity index is 451. The van der Waals surface area contributed by atoms with Crippen LogP contribution in [0.3, 0.4) is 0 Å². The molecule has 0 saturated heterocycles. The highest BCUT2D eigenvalue weighted by Crippen LogP contribution is 2.39. The van der Waals surface area contributed by atoms with Crippen LogP contribution in [0.5, 0.6) is 0 Å². The van der Waals surface area contributed by atoms with E-state index in [-0.39, 0.29) is 24.5 Å². The van der Waals surface area contributed by atoms with Gasteiger partial charge < -0.3 is 11.1 Å². The number of hydrogen-bond donors (Lipinski definition) is 2. The number of rotatable bonds is 4. The summed E-state index contributed by atoms with van der Waals surface area (Å²) in [4.78, 5) is 12.0. The van der Waals surface area contributed by atoms with Crippen molar-refractivity contribution in [3.63, 3.8) is 0 Å². The van der Waals surface area contributed by atoms with Gasteiger partial charge in [0.05, 0.1) is 12.8 Å². The molecule has 2 saturated carbocycles. The maximum absolute atomic E-state index is 12.0. The minimum Gasteiger partial charge on any atom is -0.352 e. The molecule has 2 aliphatic rings. The smallest absolute Gasteiger partial charge is 0.235 e. The number of nitrogens with one attached hydrogen (secondary N) is 1. The van der Waals surface area contributed by atoms with E-state index in [0.29, 0.717) is 11.8 Å². The Morgan fingerprint density at radius 3 is 2.35 bits per heavy atom. The zero-order valence-electron chi connectivity index (χ0n) is 12.2. The van der Waals surface area contributed by atoms with Gasteiger partial charge in [0.15, 0.2) is 0 Å². The zero-order chi connectivity index (χ0) is 14.9. The second-order valence-electron chi connectivity index (χ2n) is 6.29. The molecular weight excluding hydrogens is 278 g/mol. The van der Waals surface area contributed by atoms with Crippen molar-refractivity contribution in [3.05, 3.63) is 0 Å². The van der Waals surface area contributed by atoms with Gasteiger partial charge in [-0.1, -0.05) is 6.42 Å². The first kappa shape index (κ1) is 15.7. The van der Waals surface area contributed by atoms with Gasteiger partial charge in [-0.3, -0.25) is 4.79 Å². The molecule has 2 unspecified atom stereocenters. The standard InChI is InChI=1S/C13H25N3O3S/c1-16(20(2,18)19)8-12(17)15-13-9-4-3-5-10(13)7-11(14)6-9/h9-11,13H,3-8,14H2,1-2H3,(H,15,17). The van der Waals surface area contributed by atoms with Crippen LogP contribution in [-0.2, 0) is 14.8 Å². The predicted molar refractivity (Wildman–Crippen MR) is 77.4 cm³/mol. The van der Waals surface area contributed by atoms with Crippen molar-refractivity contribution >= 4 is 15.9 Å². The molecular formula is C13H25N3O3S. The van der Waals surface area contributed by atoms with Crippen molar-refractivity contribution in [1.82, 2.24) is 9.62 Å². The van der Waals surface area contributed by atoms with E-state index in [4.69, 9.17) is 5.73 Å². The zero-order valence-corrected chi connectivity index (χ0v) is 13.0. The molecule has 0 aromatic rings. The summed E-state index contributed by atoms with van der Waals surface area (Å²) in [5.41, 5.74) is 6.06. The minimum atomic E-state index is -3.31. The van der Waals surface area contributed by atoms with Crippen LogP contribution in [0.4, 0.5) is 0 Å². The topological polar surface area (TPSA) is 92.5 Å². The molecule has 0 radical (unpaired) electrons. The summed E-state index contributed by atoms with van der Waals surface area (Å²) in [5.74, 6) is 0.685. The van der Waals surface area contributed by atoms with Gasteiger partial charge in [0.2, 0.25) is 15.9 Å². The van der Waals surface area contributed by atoms with Crippen LogP contribution >= 0.6 is 0 Å². The minimum absolute atomic E-state index is 0.110. The number of likely N-dealkylation sites (N-methyl/N-ethyl adjacent to an activating group) is 1. The molecule has 2 fully saturated rings. The van der Waals surface area contributed by atoms with Crippen LogP contribution < -0.4 is 11.1 Å². The maximum atomic E-state index is 12.0. The van der Waals surface area contributed by atoms with Gasteiger partial charge in [-0.15, -0.1) is 0 Å². The predicted octanol–water partition coefficient (Wildman–Crippen LogP) is -0.1000. The van der Waals surface area contributed by atoms with Gasteiger partial charge in [0.25, 0.3) is 0 Å². The molecule has 2 atom stereocenters. The third-order valence-electron chi connectivity index (χ3n) is 4.64. The number of sulfonamides is 1. The Hall–Kier alpha value is -0.660. The summed E-state index contributed by atoms with van der Waals surface area (Å²) >= 11 is 0. The number of carbonyl (C=O) groups is 1. The average Bonchev–Trinajstić information content (AvgIpc) is 2.28. The highest BCUT2D eigenvalue weighted by molar-refractivity contribution is 7.88. The van der Waals surface area contributed by atoms with Gasteiger partial charge in [-0.2, -0.15) is 4.31 Å². The quantitative estimate of drug-likeness (QED) is 0.758. The lowest BCUT2D eigenvalue weighted by molar-refractivity contribution is -0.123. The van der Waals surface area contributed by atoms with Crippen LogP contribution in [0.1, 0.15) is 32.1 Å². The van der Waals surface area contributed by atoms with Crippen molar-refractivity contribution in [2.24, 2.45) is 17.6 Å². The van der Waals surface area contributed by atoms with Crippen LogP contribution in [0.2, 0.25) is 0 Å². The SMILES string of the molecule is CN(CC(=O)NC1C2CCCC1CC(N)C2)S(C)(=O)=O. The van der Waals surface area contributed by atoms with Crippen LogP contribution in [0, 0.1) is 11.8 Å². The molecule has 0 aliphatic heterocycles.